The zero-order valence-corrected chi connectivity index (χ0v) is 16.5. The van der Waals surface area contributed by atoms with E-state index in [-0.39, 0.29) is 12.4 Å². The molecule has 0 saturated carbocycles. The number of hydrogen-bond donors (Lipinski definition) is 0. The minimum atomic E-state index is -0.806. The van der Waals surface area contributed by atoms with Gasteiger partial charge in [-0.1, -0.05) is 13.0 Å². The van der Waals surface area contributed by atoms with Crippen LogP contribution in [0, 0.1) is 5.82 Å². The lowest BCUT2D eigenvalue weighted by Crippen LogP contribution is -2.10. The van der Waals surface area contributed by atoms with Gasteiger partial charge in [-0.15, -0.1) is 11.8 Å². The molecule has 0 bridgehead atoms. The number of halogens is 2. The molecule has 0 N–H and O–H groups in total. The molecule has 2 aromatic carbocycles. The zero-order chi connectivity index (χ0) is 18.4. The van der Waals surface area contributed by atoms with Gasteiger partial charge in [0.25, 0.3) is 0 Å². The highest BCUT2D eigenvalue weighted by atomic mass is 79.9. The van der Waals surface area contributed by atoms with E-state index in [0.29, 0.717) is 33.5 Å². The molecule has 0 saturated heterocycles. The van der Waals surface area contributed by atoms with Crippen molar-refractivity contribution >= 4 is 33.8 Å². The van der Waals surface area contributed by atoms with Crippen molar-refractivity contribution in [1.82, 2.24) is 0 Å². The summed E-state index contributed by atoms with van der Waals surface area (Å²) < 4.78 is 30.2. The molecule has 25 heavy (non-hydrogen) atoms. The fourth-order valence-corrected chi connectivity index (χ4v) is 3.33. The molecule has 0 aliphatic rings. The Labute approximate surface area is 158 Å². The maximum absolute atomic E-state index is 14.0. The third kappa shape index (κ3) is 4.89. The molecule has 0 aromatic heterocycles. The van der Waals surface area contributed by atoms with Crippen LogP contribution in [-0.4, -0.2) is 19.5 Å². The minimum absolute atomic E-state index is 0.118. The molecule has 0 spiro atoms. The number of carbonyl (C=O) groups is 1. The molecule has 7 heteroatoms. The zero-order valence-electron chi connectivity index (χ0n) is 14.1. The maximum Gasteiger partial charge on any atom is 0.513 e. The summed E-state index contributed by atoms with van der Waals surface area (Å²) in [6, 6.07) is 8.39. The van der Waals surface area contributed by atoms with E-state index in [1.165, 1.54) is 24.9 Å². The van der Waals surface area contributed by atoms with Gasteiger partial charge in [0, 0.05) is 16.5 Å². The Morgan fingerprint density at radius 1 is 1.28 bits per heavy atom. The van der Waals surface area contributed by atoms with Gasteiger partial charge in [0.15, 0.2) is 0 Å². The molecule has 134 valence electrons. The van der Waals surface area contributed by atoms with Crippen LogP contribution < -0.4 is 9.47 Å². The number of ether oxygens (including phenoxy) is 3. The van der Waals surface area contributed by atoms with Crippen molar-refractivity contribution in [2.24, 2.45) is 0 Å². The summed E-state index contributed by atoms with van der Waals surface area (Å²) in [6.45, 7) is 2.00. The van der Waals surface area contributed by atoms with Crippen molar-refractivity contribution in [2.45, 2.75) is 24.8 Å². The van der Waals surface area contributed by atoms with Crippen molar-refractivity contribution in [3.8, 4) is 11.5 Å². The Kier molecular flexibility index (Phi) is 7.13. The SMILES string of the molecule is CCc1cc(Br)c(OCc2c(OC(=O)OC)cccc2SC)cc1F. The Hall–Kier alpha value is -1.73. The molecule has 0 unspecified atom stereocenters. The smallest absolute Gasteiger partial charge is 0.487 e. The quantitative estimate of drug-likeness (QED) is 0.340. The van der Waals surface area contributed by atoms with Crippen LogP contribution in [0.15, 0.2) is 39.7 Å². The summed E-state index contributed by atoms with van der Waals surface area (Å²) in [6.07, 6.45) is 1.70. The fraction of sp³-hybridized carbons (Fsp3) is 0.278. The molecule has 0 heterocycles. The molecular weight excluding hydrogens is 411 g/mol. The van der Waals surface area contributed by atoms with Crippen LogP contribution in [0.2, 0.25) is 0 Å². The topological polar surface area (TPSA) is 44.8 Å². The molecule has 2 rings (SSSR count). The highest BCUT2D eigenvalue weighted by Gasteiger charge is 2.15. The first-order chi connectivity index (χ1) is 12.0. The number of hydrogen-bond acceptors (Lipinski definition) is 5. The Balaban J connectivity index is 2.28. The van der Waals surface area contributed by atoms with Gasteiger partial charge in [-0.05, 0) is 52.4 Å². The van der Waals surface area contributed by atoms with E-state index >= 15 is 0 Å². The molecule has 4 nitrogen and oxygen atoms in total. The van der Waals surface area contributed by atoms with Crippen molar-refractivity contribution in [1.29, 1.82) is 0 Å². The minimum Gasteiger partial charge on any atom is -0.487 e. The second-order valence-electron chi connectivity index (χ2n) is 5.01. The first-order valence-electron chi connectivity index (χ1n) is 7.52. The van der Waals surface area contributed by atoms with E-state index in [4.69, 9.17) is 9.47 Å². The Bertz CT molecular complexity index is 767. The third-order valence-corrected chi connectivity index (χ3v) is 4.97. The lowest BCUT2D eigenvalue weighted by molar-refractivity contribution is 0.120. The molecule has 0 amide bonds. The standard InChI is InChI=1S/C18H18BrFO4S/c1-4-11-8-13(19)16(9-14(11)20)23-10-12-15(24-18(21)22-2)6-5-7-17(12)25-3/h5-9H,4,10H2,1-3H3. The monoisotopic (exact) mass is 428 g/mol. The van der Waals surface area contributed by atoms with Gasteiger partial charge in [-0.25, -0.2) is 9.18 Å². The molecule has 0 fully saturated rings. The van der Waals surface area contributed by atoms with Crippen LogP contribution in [0.25, 0.3) is 0 Å². The summed E-state index contributed by atoms with van der Waals surface area (Å²) in [7, 11) is 1.24. The highest BCUT2D eigenvalue weighted by molar-refractivity contribution is 9.10. The summed E-state index contributed by atoms with van der Waals surface area (Å²) in [4.78, 5) is 12.3. The predicted molar refractivity (Wildman–Crippen MR) is 99.1 cm³/mol. The normalized spacial score (nSPS) is 10.4. The predicted octanol–water partition coefficient (Wildman–Crippen LogP) is 5.60. The molecule has 0 atom stereocenters. The summed E-state index contributed by atoms with van der Waals surface area (Å²) in [5.74, 6) is 0.417. The number of methoxy groups -OCH3 is 1. The molecule has 0 aliphatic carbocycles. The van der Waals surface area contributed by atoms with Gasteiger partial charge in [-0.3, -0.25) is 0 Å². The molecule has 2 aromatic rings. The maximum atomic E-state index is 14.0. The van der Waals surface area contributed by atoms with Crippen molar-refractivity contribution in [3.63, 3.8) is 0 Å². The average molecular weight is 429 g/mol. The first kappa shape index (κ1) is 19.6. The van der Waals surface area contributed by atoms with Gasteiger partial charge in [0.2, 0.25) is 0 Å². The van der Waals surface area contributed by atoms with Crippen molar-refractivity contribution < 1.29 is 23.4 Å². The van der Waals surface area contributed by atoms with E-state index in [2.05, 4.69) is 20.7 Å². The third-order valence-electron chi connectivity index (χ3n) is 3.52. The summed E-state index contributed by atoms with van der Waals surface area (Å²) in [5.41, 5.74) is 1.30. The van der Waals surface area contributed by atoms with Gasteiger partial charge in [0.1, 0.15) is 23.9 Å². The number of rotatable bonds is 6. The highest BCUT2D eigenvalue weighted by Crippen LogP contribution is 2.33. The Morgan fingerprint density at radius 2 is 2.04 bits per heavy atom. The fourth-order valence-electron chi connectivity index (χ4n) is 2.21. The lowest BCUT2D eigenvalue weighted by Gasteiger charge is -2.15. The van der Waals surface area contributed by atoms with Crippen LogP contribution in [-0.2, 0) is 17.8 Å². The van der Waals surface area contributed by atoms with Gasteiger partial charge in [0.05, 0.1) is 11.6 Å². The van der Waals surface area contributed by atoms with Crippen LogP contribution in [0.4, 0.5) is 9.18 Å². The second kappa shape index (κ2) is 9.10. The van der Waals surface area contributed by atoms with Crippen LogP contribution in [0.3, 0.4) is 0 Å². The first-order valence-corrected chi connectivity index (χ1v) is 9.54. The Morgan fingerprint density at radius 3 is 2.68 bits per heavy atom. The number of aryl methyl sites for hydroxylation is 1. The largest absolute Gasteiger partial charge is 0.513 e. The number of carbonyl (C=O) groups excluding carboxylic acids is 1. The van der Waals surface area contributed by atoms with Gasteiger partial charge >= 0.3 is 6.16 Å². The van der Waals surface area contributed by atoms with E-state index in [9.17, 15) is 9.18 Å². The second-order valence-corrected chi connectivity index (χ2v) is 6.71. The summed E-state index contributed by atoms with van der Waals surface area (Å²) in [5, 5.41) is 0. The number of thioether (sulfide) groups is 1. The van der Waals surface area contributed by atoms with E-state index in [1.54, 1.807) is 18.2 Å². The van der Waals surface area contributed by atoms with Crippen molar-refractivity contribution in [2.75, 3.05) is 13.4 Å². The van der Waals surface area contributed by atoms with E-state index in [0.717, 1.165) is 4.90 Å². The van der Waals surface area contributed by atoms with E-state index in [1.807, 2.05) is 19.2 Å². The summed E-state index contributed by atoms with van der Waals surface area (Å²) >= 11 is 4.89. The average Bonchev–Trinajstić information content (AvgIpc) is 2.62. The van der Waals surface area contributed by atoms with Crippen LogP contribution in [0.5, 0.6) is 11.5 Å². The van der Waals surface area contributed by atoms with E-state index < -0.39 is 6.16 Å². The van der Waals surface area contributed by atoms with Gasteiger partial charge < -0.3 is 14.2 Å². The number of benzene rings is 2. The lowest BCUT2D eigenvalue weighted by atomic mass is 10.1. The molecular formula is C18H18BrFO4S. The van der Waals surface area contributed by atoms with Crippen LogP contribution >= 0.6 is 27.7 Å². The van der Waals surface area contributed by atoms with Crippen molar-refractivity contribution in [3.05, 3.63) is 51.7 Å². The molecule has 0 aliphatic heterocycles. The molecule has 0 radical (unpaired) electrons. The van der Waals surface area contributed by atoms with Gasteiger partial charge in [-0.2, -0.15) is 0 Å². The van der Waals surface area contributed by atoms with Crippen LogP contribution in [0.1, 0.15) is 18.1 Å².